The fourth-order valence-electron chi connectivity index (χ4n) is 1.93. The van der Waals surface area contributed by atoms with Gasteiger partial charge in [0, 0.05) is 23.5 Å². The molecule has 0 saturated carbocycles. The molecule has 0 atom stereocenters. The largest absolute Gasteiger partial charge is 0.399 e. The maximum atomic E-state index is 11.1. The topological polar surface area (TPSA) is 99.8 Å². The molecule has 0 saturated heterocycles. The van der Waals surface area contributed by atoms with Crippen LogP contribution in [0.3, 0.4) is 0 Å². The lowest BCUT2D eigenvalue weighted by Gasteiger charge is -2.06. The van der Waals surface area contributed by atoms with Gasteiger partial charge in [-0.3, -0.25) is 9.78 Å². The Balaban J connectivity index is 2.21. The second kappa shape index (κ2) is 4.09. The monoisotopic (exact) mass is 253 g/mol. The van der Waals surface area contributed by atoms with E-state index < -0.39 is 5.91 Å². The molecule has 0 spiro atoms. The Kier molecular flexibility index (Phi) is 2.42. The minimum absolute atomic E-state index is 0.361. The maximum absolute atomic E-state index is 11.1. The predicted molar refractivity (Wildman–Crippen MR) is 71.8 cm³/mol. The number of hydrogen-bond acceptors (Lipinski definition) is 4. The van der Waals surface area contributed by atoms with Crippen molar-refractivity contribution in [2.45, 2.75) is 0 Å². The number of nitrogens with two attached hydrogens (primary N) is 2. The molecule has 3 aromatic rings. The molecule has 0 aliphatic rings. The zero-order valence-electron chi connectivity index (χ0n) is 9.95. The second-order valence-electron chi connectivity index (χ2n) is 4.14. The molecule has 0 unspecified atom stereocenters. The van der Waals surface area contributed by atoms with Gasteiger partial charge >= 0.3 is 0 Å². The van der Waals surface area contributed by atoms with Gasteiger partial charge in [0.05, 0.1) is 23.0 Å². The van der Waals surface area contributed by atoms with Crippen LogP contribution in [0.2, 0.25) is 0 Å². The Morgan fingerprint density at radius 1 is 1.26 bits per heavy atom. The lowest BCUT2D eigenvalue weighted by atomic mass is 10.1. The van der Waals surface area contributed by atoms with Crippen LogP contribution in [0.4, 0.5) is 5.69 Å². The van der Waals surface area contributed by atoms with Gasteiger partial charge in [-0.25, -0.2) is 4.68 Å². The van der Waals surface area contributed by atoms with E-state index in [1.165, 1.54) is 6.20 Å². The predicted octanol–water partition coefficient (Wildman–Crippen LogP) is 1.10. The molecule has 1 amide bonds. The minimum Gasteiger partial charge on any atom is -0.399 e. The van der Waals surface area contributed by atoms with Crippen LogP contribution in [0.5, 0.6) is 0 Å². The van der Waals surface area contributed by atoms with Crippen molar-refractivity contribution < 1.29 is 4.79 Å². The smallest absolute Gasteiger partial charge is 0.251 e. The number of aromatic nitrogens is 3. The van der Waals surface area contributed by atoms with Crippen molar-refractivity contribution in [2.75, 3.05) is 5.73 Å². The number of amides is 1. The fraction of sp³-hybridized carbons (Fsp3) is 0. The van der Waals surface area contributed by atoms with Gasteiger partial charge in [-0.2, -0.15) is 5.10 Å². The van der Waals surface area contributed by atoms with Crippen molar-refractivity contribution in [1.29, 1.82) is 0 Å². The molecule has 19 heavy (non-hydrogen) atoms. The molecular weight excluding hydrogens is 242 g/mol. The number of primary amides is 1. The van der Waals surface area contributed by atoms with Crippen LogP contribution in [0.15, 0.2) is 42.9 Å². The number of benzene rings is 1. The Hall–Kier alpha value is -2.89. The van der Waals surface area contributed by atoms with Crippen LogP contribution in [-0.2, 0) is 0 Å². The van der Waals surface area contributed by atoms with Crippen molar-refractivity contribution >= 4 is 22.5 Å². The third-order valence-corrected chi connectivity index (χ3v) is 2.86. The Bertz CT molecular complexity index is 778. The molecule has 0 fully saturated rings. The van der Waals surface area contributed by atoms with E-state index >= 15 is 0 Å². The van der Waals surface area contributed by atoms with Crippen LogP contribution in [0.25, 0.3) is 16.6 Å². The number of nitrogens with zero attached hydrogens (tertiary/aromatic N) is 3. The van der Waals surface area contributed by atoms with E-state index in [1.807, 2.05) is 12.1 Å². The van der Waals surface area contributed by atoms with E-state index in [1.54, 1.807) is 29.2 Å². The summed E-state index contributed by atoms with van der Waals surface area (Å²) in [6, 6.07) is 7.28. The summed E-state index contributed by atoms with van der Waals surface area (Å²) in [7, 11) is 0. The van der Waals surface area contributed by atoms with Gasteiger partial charge in [-0.1, -0.05) is 0 Å². The van der Waals surface area contributed by atoms with E-state index in [2.05, 4.69) is 10.1 Å². The summed E-state index contributed by atoms with van der Waals surface area (Å²) in [4.78, 5) is 15.4. The van der Waals surface area contributed by atoms with E-state index in [9.17, 15) is 4.79 Å². The zero-order chi connectivity index (χ0) is 13.4. The lowest BCUT2D eigenvalue weighted by Crippen LogP contribution is -2.09. The molecule has 0 radical (unpaired) electrons. The number of carbonyl (C=O) groups is 1. The molecule has 0 aliphatic heterocycles. The van der Waals surface area contributed by atoms with Crippen molar-refractivity contribution in [3.8, 4) is 5.69 Å². The van der Waals surface area contributed by atoms with Crippen molar-refractivity contribution in [3.63, 3.8) is 0 Å². The molecule has 2 aromatic heterocycles. The summed E-state index contributed by atoms with van der Waals surface area (Å²) in [5.74, 6) is -0.506. The molecule has 6 heteroatoms. The molecule has 2 heterocycles. The molecule has 3 rings (SSSR count). The van der Waals surface area contributed by atoms with Crippen LogP contribution in [-0.4, -0.2) is 20.7 Å². The number of fused-ring (bicyclic) bond motifs is 1. The first-order valence-electron chi connectivity index (χ1n) is 5.64. The van der Waals surface area contributed by atoms with Gasteiger partial charge in [0.2, 0.25) is 0 Å². The zero-order valence-corrected chi connectivity index (χ0v) is 9.95. The second-order valence-corrected chi connectivity index (χ2v) is 4.14. The summed E-state index contributed by atoms with van der Waals surface area (Å²) < 4.78 is 1.60. The van der Waals surface area contributed by atoms with Gasteiger partial charge in [-0.05, 0) is 24.3 Å². The average molecular weight is 253 g/mol. The first kappa shape index (κ1) is 11.2. The highest BCUT2D eigenvalue weighted by Gasteiger charge is 2.08. The molecule has 94 valence electrons. The molecular formula is C13H11N5O. The standard InChI is InChI=1S/C13H11N5O/c14-9-1-2-10-11(5-9)16-4-3-12(10)18-7-8(6-17-18)13(15)19/h1-7H,14H2,(H2,15,19). The van der Waals surface area contributed by atoms with Crippen LogP contribution < -0.4 is 11.5 Å². The fourth-order valence-corrected chi connectivity index (χ4v) is 1.93. The molecule has 1 aromatic carbocycles. The number of hydrogen-bond donors (Lipinski definition) is 2. The lowest BCUT2D eigenvalue weighted by molar-refractivity contribution is 0.100. The van der Waals surface area contributed by atoms with Crippen LogP contribution in [0.1, 0.15) is 10.4 Å². The van der Waals surface area contributed by atoms with Gasteiger partial charge < -0.3 is 11.5 Å². The van der Waals surface area contributed by atoms with Crippen molar-refractivity contribution in [2.24, 2.45) is 5.73 Å². The first-order valence-corrected chi connectivity index (χ1v) is 5.64. The Labute approximate surface area is 108 Å². The summed E-state index contributed by atoms with van der Waals surface area (Å²) >= 11 is 0. The third-order valence-electron chi connectivity index (χ3n) is 2.86. The van der Waals surface area contributed by atoms with E-state index in [0.29, 0.717) is 11.3 Å². The third kappa shape index (κ3) is 1.89. The summed E-state index contributed by atoms with van der Waals surface area (Å²) in [6.45, 7) is 0. The average Bonchev–Trinajstić information content (AvgIpc) is 2.87. The first-order chi connectivity index (χ1) is 9.15. The molecule has 0 aliphatic carbocycles. The summed E-state index contributed by atoms with van der Waals surface area (Å²) in [6.07, 6.45) is 4.70. The molecule has 6 nitrogen and oxygen atoms in total. The number of rotatable bonds is 2. The van der Waals surface area contributed by atoms with Gasteiger partial charge in [0.25, 0.3) is 5.91 Å². The van der Waals surface area contributed by atoms with Crippen molar-refractivity contribution in [3.05, 3.63) is 48.4 Å². The highest BCUT2D eigenvalue weighted by atomic mass is 16.1. The Morgan fingerprint density at radius 3 is 2.84 bits per heavy atom. The summed E-state index contributed by atoms with van der Waals surface area (Å²) in [5.41, 5.74) is 13.5. The van der Waals surface area contributed by atoms with Gasteiger partial charge in [0.15, 0.2) is 0 Å². The summed E-state index contributed by atoms with van der Waals surface area (Å²) in [5, 5.41) is 5.04. The SMILES string of the molecule is NC(=O)c1cnn(-c2ccnc3cc(N)ccc23)c1. The highest BCUT2D eigenvalue weighted by Crippen LogP contribution is 2.22. The maximum Gasteiger partial charge on any atom is 0.251 e. The number of anilines is 1. The number of carbonyl (C=O) groups excluding carboxylic acids is 1. The number of nitrogen functional groups attached to an aromatic ring is 1. The van der Waals surface area contributed by atoms with Gasteiger partial charge in [0.1, 0.15) is 0 Å². The Morgan fingerprint density at radius 2 is 2.11 bits per heavy atom. The van der Waals surface area contributed by atoms with Gasteiger partial charge in [-0.15, -0.1) is 0 Å². The van der Waals surface area contributed by atoms with E-state index in [0.717, 1.165) is 16.6 Å². The number of pyridine rings is 1. The van der Waals surface area contributed by atoms with E-state index in [4.69, 9.17) is 11.5 Å². The molecule has 0 bridgehead atoms. The van der Waals surface area contributed by atoms with Crippen LogP contribution >= 0.6 is 0 Å². The van der Waals surface area contributed by atoms with Crippen molar-refractivity contribution in [1.82, 2.24) is 14.8 Å². The quantitative estimate of drug-likeness (QED) is 0.668. The van der Waals surface area contributed by atoms with E-state index in [-0.39, 0.29) is 0 Å². The van der Waals surface area contributed by atoms with Crippen LogP contribution in [0, 0.1) is 0 Å². The molecule has 4 N–H and O–H groups in total. The normalized spacial score (nSPS) is 10.7. The minimum atomic E-state index is -0.506. The highest BCUT2D eigenvalue weighted by molar-refractivity contribution is 5.93.